The Bertz CT molecular complexity index is 1410. The number of aromatic hydroxyl groups is 2. The van der Waals surface area contributed by atoms with Crippen molar-refractivity contribution in [3.05, 3.63) is 97.1 Å². The van der Waals surface area contributed by atoms with Gasteiger partial charge in [0.15, 0.2) is 0 Å². The van der Waals surface area contributed by atoms with Crippen LogP contribution in [0.4, 0.5) is 11.4 Å². The smallest absolute Gasteiger partial charge is 0.126 e. The van der Waals surface area contributed by atoms with E-state index in [9.17, 15) is 10.2 Å². The lowest BCUT2D eigenvalue weighted by Gasteiger charge is -2.15. The Morgan fingerprint density at radius 2 is 1.13 bits per heavy atom. The van der Waals surface area contributed by atoms with E-state index < -0.39 is 0 Å². The van der Waals surface area contributed by atoms with Crippen LogP contribution in [0.2, 0.25) is 0 Å². The van der Waals surface area contributed by atoms with E-state index in [2.05, 4.69) is 10.2 Å². The predicted molar refractivity (Wildman–Crippen MR) is 121 cm³/mol. The lowest BCUT2D eigenvalue weighted by Crippen LogP contribution is -1.87. The van der Waals surface area contributed by atoms with Gasteiger partial charge in [-0.1, -0.05) is 72.8 Å². The Morgan fingerprint density at radius 3 is 1.93 bits per heavy atom. The second-order valence-corrected chi connectivity index (χ2v) is 7.05. The highest BCUT2D eigenvalue weighted by Crippen LogP contribution is 2.47. The van der Waals surface area contributed by atoms with Gasteiger partial charge in [-0.3, -0.25) is 0 Å². The number of hydrogen-bond donors (Lipinski definition) is 2. The minimum Gasteiger partial charge on any atom is -0.507 e. The molecule has 0 amide bonds. The molecular weight excluding hydrogens is 372 g/mol. The highest BCUT2D eigenvalue weighted by atomic mass is 16.3. The van der Waals surface area contributed by atoms with Crippen LogP contribution in [-0.4, -0.2) is 10.2 Å². The topological polar surface area (TPSA) is 65.2 Å². The number of phenols is 2. The van der Waals surface area contributed by atoms with E-state index in [1.807, 2.05) is 84.9 Å². The summed E-state index contributed by atoms with van der Waals surface area (Å²) < 4.78 is 0. The van der Waals surface area contributed by atoms with E-state index in [1.54, 1.807) is 12.1 Å². The number of azo groups is 1. The van der Waals surface area contributed by atoms with Crippen LogP contribution in [0.25, 0.3) is 32.7 Å². The number of phenolic OH excluding ortho intramolecular Hbond substituents is 2. The Hall–Kier alpha value is -4.18. The van der Waals surface area contributed by atoms with Crippen LogP contribution in [0, 0.1) is 0 Å². The predicted octanol–water partition coefficient (Wildman–Crippen LogP) is 7.49. The van der Waals surface area contributed by atoms with Crippen molar-refractivity contribution in [2.75, 3.05) is 0 Å². The molecule has 0 bridgehead atoms. The summed E-state index contributed by atoms with van der Waals surface area (Å²) in [4.78, 5) is 0. The van der Waals surface area contributed by atoms with Crippen LogP contribution < -0.4 is 0 Å². The Labute approximate surface area is 173 Å². The summed E-state index contributed by atoms with van der Waals surface area (Å²) in [6, 6.07) is 30.1. The zero-order chi connectivity index (χ0) is 20.5. The third-order valence-corrected chi connectivity index (χ3v) is 5.19. The van der Waals surface area contributed by atoms with Crippen LogP contribution in [0.5, 0.6) is 11.5 Å². The Balaban J connectivity index is 1.78. The summed E-state index contributed by atoms with van der Waals surface area (Å²) in [5, 5.41) is 33.9. The van der Waals surface area contributed by atoms with E-state index in [0.717, 1.165) is 27.2 Å². The fourth-order valence-electron chi connectivity index (χ4n) is 3.82. The van der Waals surface area contributed by atoms with Gasteiger partial charge >= 0.3 is 0 Å². The van der Waals surface area contributed by atoms with Crippen LogP contribution in [0.1, 0.15) is 0 Å². The highest BCUT2D eigenvalue weighted by Gasteiger charge is 2.18. The summed E-state index contributed by atoms with van der Waals surface area (Å²) in [5.41, 5.74) is 2.49. The second-order valence-electron chi connectivity index (χ2n) is 7.05. The molecule has 0 saturated carbocycles. The summed E-state index contributed by atoms with van der Waals surface area (Å²) in [5.74, 6) is 0.162. The van der Waals surface area contributed by atoms with Crippen molar-refractivity contribution in [3.8, 4) is 22.6 Å². The first-order chi connectivity index (χ1) is 14.7. The first-order valence-electron chi connectivity index (χ1n) is 9.65. The molecule has 0 aliphatic rings. The summed E-state index contributed by atoms with van der Waals surface area (Å²) in [6.45, 7) is 0. The monoisotopic (exact) mass is 390 g/mol. The zero-order valence-corrected chi connectivity index (χ0v) is 16.0. The normalized spacial score (nSPS) is 11.5. The maximum atomic E-state index is 11.0. The molecule has 0 radical (unpaired) electrons. The van der Waals surface area contributed by atoms with Gasteiger partial charge in [0.1, 0.15) is 11.5 Å². The molecule has 0 aliphatic heterocycles. The molecule has 5 aromatic carbocycles. The minimum atomic E-state index is 0.0439. The molecule has 0 aromatic heterocycles. The number of nitrogens with zero attached hydrogens (tertiary/aromatic N) is 2. The lowest BCUT2D eigenvalue weighted by molar-refractivity contribution is 0.470. The van der Waals surface area contributed by atoms with E-state index in [-0.39, 0.29) is 11.5 Å². The van der Waals surface area contributed by atoms with Crippen LogP contribution >= 0.6 is 0 Å². The van der Waals surface area contributed by atoms with Crippen LogP contribution in [-0.2, 0) is 0 Å². The van der Waals surface area contributed by atoms with E-state index in [4.69, 9.17) is 0 Å². The van der Waals surface area contributed by atoms with Gasteiger partial charge in [-0.05, 0) is 34.4 Å². The van der Waals surface area contributed by atoms with E-state index in [1.165, 1.54) is 0 Å². The van der Waals surface area contributed by atoms with Crippen molar-refractivity contribution in [1.82, 2.24) is 0 Å². The van der Waals surface area contributed by atoms with Gasteiger partial charge in [0, 0.05) is 22.6 Å². The van der Waals surface area contributed by atoms with Gasteiger partial charge < -0.3 is 10.2 Å². The third kappa shape index (κ3) is 3.05. The second kappa shape index (κ2) is 7.33. The molecule has 144 valence electrons. The maximum absolute atomic E-state index is 11.0. The molecule has 0 aliphatic carbocycles. The fraction of sp³-hybridized carbons (Fsp3) is 0. The number of hydrogen-bond acceptors (Lipinski definition) is 4. The van der Waals surface area contributed by atoms with Gasteiger partial charge in [-0.25, -0.2) is 0 Å². The molecule has 0 atom stereocenters. The molecule has 0 fully saturated rings. The van der Waals surface area contributed by atoms with Gasteiger partial charge in [-0.2, -0.15) is 5.11 Å². The maximum Gasteiger partial charge on any atom is 0.126 e. The Morgan fingerprint density at radius 1 is 0.500 bits per heavy atom. The largest absolute Gasteiger partial charge is 0.507 e. The molecule has 4 nitrogen and oxygen atoms in total. The van der Waals surface area contributed by atoms with Gasteiger partial charge in [-0.15, -0.1) is 5.11 Å². The van der Waals surface area contributed by atoms with Gasteiger partial charge in [0.25, 0.3) is 0 Å². The first-order valence-corrected chi connectivity index (χ1v) is 9.65. The zero-order valence-electron chi connectivity index (χ0n) is 16.0. The molecule has 0 heterocycles. The SMILES string of the molecule is Oc1ccc2ccccc2c1-c1c(O)cc(N=Nc2ccccc2)c2ccccc12. The molecule has 30 heavy (non-hydrogen) atoms. The van der Waals surface area contributed by atoms with Crippen molar-refractivity contribution < 1.29 is 10.2 Å². The average Bonchev–Trinajstić information content (AvgIpc) is 2.79. The summed E-state index contributed by atoms with van der Waals surface area (Å²) >= 11 is 0. The van der Waals surface area contributed by atoms with Gasteiger partial charge in [0.05, 0.1) is 11.4 Å². The van der Waals surface area contributed by atoms with Crippen molar-refractivity contribution in [2.24, 2.45) is 10.2 Å². The molecular formula is C26H18N2O2. The number of benzene rings is 5. The molecule has 0 unspecified atom stereocenters. The fourth-order valence-corrected chi connectivity index (χ4v) is 3.82. The van der Waals surface area contributed by atoms with Crippen LogP contribution in [0.15, 0.2) is 107 Å². The van der Waals surface area contributed by atoms with Crippen molar-refractivity contribution in [1.29, 1.82) is 0 Å². The number of fused-ring (bicyclic) bond motifs is 2. The molecule has 5 rings (SSSR count). The van der Waals surface area contributed by atoms with E-state index in [0.29, 0.717) is 16.8 Å². The van der Waals surface area contributed by atoms with Crippen molar-refractivity contribution in [3.63, 3.8) is 0 Å². The summed E-state index contributed by atoms with van der Waals surface area (Å²) in [6.07, 6.45) is 0. The standard InChI is InChI=1S/C26H18N2O2/c29-23-15-14-17-8-4-5-11-19(17)25(23)26-21-13-7-6-12-20(21)22(16-24(26)30)28-27-18-9-2-1-3-10-18/h1-16,29-30H. The highest BCUT2D eigenvalue weighted by molar-refractivity contribution is 6.12. The summed E-state index contributed by atoms with van der Waals surface area (Å²) in [7, 11) is 0. The average molecular weight is 390 g/mol. The Kier molecular flexibility index (Phi) is 4.37. The van der Waals surface area contributed by atoms with Crippen molar-refractivity contribution >= 4 is 32.9 Å². The van der Waals surface area contributed by atoms with E-state index >= 15 is 0 Å². The molecule has 0 saturated heterocycles. The van der Waals surface area contributed by atoms with Crippen molar-refractivity contribution in [2.45, 2.75) is 0 Å². The minimum absolute atomic E-state index is 0.0439. The van der Waals surface area contributed by atoms with Crippen LogP contribution in [0.3, 0.4) is 0 Å². The first kappa shape index (κ1) is 17.9. The molecule has 5 aromatic rings. The third-order valence-electron chi connectivity index (χ3n) is 5.19. The molecule has 4 heteroatoms. The quantitative estimate of drug-likeness (QED) is 0.313. The number of rotatable bonds is 3. The molecule has 2 N–H and O–H groups in total. The van der Waals surface area contributed by atoms with Gasteiger partial charge in [0.2, 0.25) is 0 Å². The lowest BCUT2D eigenvalue weighted by atomic mass is 9.91. The molecule has 0 spiro atoms.